The molecule has 2 bridgehead atoms. The second kappa shape index (κ2) is 11.3. The summed E-state index contributed by atoms with van der Waals surface area (Å²) in [6.45, 7) is 3.37. The predicted octanol–water partition coefficient (Wildman–Crippen LogP) is 1.92. The van der Waals surface area contributed by atoms with Gasteiger partial charge < -0.3 is 29.2 Å². The van der Waals surface area contributed by atoms with Gasteiger partial charge in [-0.15, -0.1) is 0 Å². The normalized spacial score (nSPS) is 21.5. The topological polar surface area (TPSA) is 144 Å². The number of hydrogen-bond donors (Lipinski definition) is 2. The van der Waals surface area contributed by atoms with Gasteiger partial charge in [-0.25, -0.2) is 0 Å². The van der Waals surface area contributed by atoms with Crippen molar-refractivity contribution in [3.05, 3.63) is 104 Å². The van der Waals surface area contributed by atoms with Crippen LogP contribution in [0.2, 0.25) is 0 Å². The van der Waals surface area contributed by atoms with Crippen LogP contribution in [0.4, 0.5) is 11.4 Å². The third-order valence-corrected chi connectivity index (χ3v) is 8.98. The number of nitrogens with zero attached hydrogens (tertiary/aromatic N) is 5. The number of carbonyl (C=O) groups excluding carboxylic acids is 2. The van der Waals surface area contributed by atoms with Crippen LogP contribution in [0.3, 0.4) is 0 Å². The van der Waals surface area contributed by atoms with E-state index in [0.29, 0.717) is 43.3 Å². The van der Waals surface area contributed by atoms with E-state index < -0.39 is 0 Å². The molecule has 226 valence electrons. The van der Waals surface area contributed by atoms with Crippen LogP contribution >= 0.6 is 0 Å². The van der Waals surface area contributed by atoms with Crippen molar-refractivity contribution in [2.45, 2.75) is 51.2 Å². The standard InChI is InChI=1S/C32H33N7O5/c1-19(40)34-22-8-9-25-21(14-22)15-24(31-23-13-20(17-39(25)31)16-38-26(23)5-4-7-30(38)42)32(43)33-11-10-27-35-28(44-36-27)18-37-12-3-2-6-29(37)41/h2-9,12,14,20,23-24,31H,10-11,13,15-18H2,1H3,(H,33,43)(H,34,40)/t20-,23+,24+,31+/m0/s1. The fraction of sp³-hybridized carbons (Fsp3) is 0.375. The molecular formula is C32H33N7O5. The van der Waals surface area contributed by atoms with E-state index in [4.69, 9.17) is 4.52 Å². The Morgan fingerprint density at radius 2 is 1.91 bits per heavy atom. The van der Waals surface area contributed by atoms with Crippen molar-refractivity contribution in [3.8, 4) is 0 Å². The summed E-state index contributed by atoms with van der Waals surface area (Å²) >= 11 is 0. The summed E-state index contributed by atoms with van der Waals surface area (Å²) < 4.78 is 8.70. The van der Waals surface area contributed by atoms with Crippen LogP contribution in [0.1, 0.15) is 42.2 Å². The Labute approximate surface area is 252 Å². The fourth-order valence-electron chi connectivity index (χ4n) is 7.23. The summed E-state index contributed by atoms with van der Waals surface area (Å²) in [7, 11) is 0. The zero-order valence-electron chi connectivity index (χ0n) is 24.3. The lowest BCUT2D eigenvalue weighted by molar-refractivity contribution is -0.126. The fourth-order valence-corrected chi connectivity index (χ4v) is 7.23. The molecule has 3 aliphatic rings. The average molecular weight is 596 g/mol. The minimum Gasteiger partial charge on any atom is -0.366 e. The van der Waals surface area contributed by atoms with Crippen LogP contribution in [0.25, 0.3) is 0 Å². The third-order valence-electron chi connectivity index (χ3n) is 8.98. The Morgan fingerprint density at radius 3 is 2.75 bits per heavy atom. The maximum absolute atomic E-state index is 14.0. The Morgan fingerprint density at radius 1 is 1.05 bits per heavy atom. The van der Waals surface area contributed by atoms with Crippen LogP contribution in [0.15, 0.2) is 74.9 Å². The quantitative estimate of drug-likeness (QED) is 0.330. The Hall–Kier alpha value is -5.00. The van der Waals surface area contributed by atoms with Crippen molar-refractivity contribution in [3.63, 3.8) is 0 Å². The highest BCUT2D eigenvalue weighted by molar-refractivity contribution is 5.89. The van der Waals surface area contributed by atoms with E-state index in [1.165, 1.54) is 17.6 Å². The van der Waals surface area contributed by atoms with Crippen LogP contribution in [0, 0.1) is 11.8 Å². The monoisotopic (exact) mass is 595 g/mol. The Bertz CT molecular complexity index is 1860. The van der Waals surface area contributed by atoms with Gasteiger partial charge in [0.2, 0.25) is 17.7 Å². The van der Waals surface area contributed by atoms with Gasteiger partial charge in [0.15, 0.2) is 5.82 Å². The molecule has 0 saturated carbocycles. The van der Waals surface area contributed by atoms with Crippen molar-refractivity contribution in [2.24, 2.45) is 11.8 Å². The molecule has 1 aromatic carbocycles. The van der Waals surface area contributed by atoms with E-state index in [1.807, 2.05) is 34.9 Å². The summed E-state index contributed by atoms with van der Waals surface area (Å²) in [6.07, 6.45) is 3.45. The lowest BCUT2D eigenvalue weighted by Gasteiger charge is -2.54. The number of fused-ring (bicyclic) bond motifs is 8. The van der Waals surface area contributed by atoms with E-state index >= 15 is 0 Å². The molecule has 12 nitrogen and oxygen atoms in total. The number of pyridine rings is 2. The summed E-state index contributed by atoms with van der Waals surface area (Å²) in [5, 5.41) is 10.00. The van der Waals surface area contributed by atoms with Crippen molar-refractivity contribution < 1.29 is 14.1 Å². The average Bonchev–Trinajstić information content (AvgIpc) is 3.45. The highest BCUT2D eigenvalue weighted by Gasteiger charge is 2.49. The molecule has 1 fully saturated rings. The molecule has 3 aliphatic heterocycles. The molecule has 0 unspecified atom stereocenters. The van der Waals surface area contributed by atoms with Crippen molar-refractivity contribution in [1.82, 2.24) is 24.6 Å². The molecule has 44 heavy (non-hydrogen) atoms. The van der Waals surface area contributed by atoms with Gasteiger partial charge in [0, 0.05) is 80.3 Å². The number of amides is 2. The summed E-state index contributed by atoms with van der Waals surface area (Å²) in [5.41, 5.74) is 3.61. The number of carbonyl (C=O) groups is 2. The summed E-state index contributed by atoms with van der Waals surface area (Å²) in [6, 6.07) is 16.1. The zero-order chi connectivity index (χ0) is 30.4. The van der Waals surface area contributed by atoms with Gasteiger partial charge in [0.05, 0.1) is 5.92 Å². The zero-order valence-corrected chi connectivity index (χ0v) is 24.3. The van der Waals surface area contributed by atoms with Gasteiger partial charge in [0.25, 0.3) is 11.1 Å². The molecule has 4 atom stereocenters. The number of hydrogen-bond acceptors (Lipinski definition) is 8. The molecule has 3 aromatic heterocycles. The van der Waals surface area contributed by atoms with E-state index in [2.05, 4.69) is 25.7 Å². The summed E-state index contributed by atoms with van der Waals surface area (Å²) in [4.78, 5) is 57.3. The Kier molecular flexibility index (Phi) is 7.11. The van der Waals surface area contributed by atoms with E-state index in [-0.39, 0.29) is 53.3 Å². The van der Waals surface area contributed by atoms with Gasteiger partial charge in [-0.3, -0.25) is 19.2 Å². The minimum absolute atomic E-state index is 0.000527. The number of benzene rings is 1. The SMILES string of the molecule is CC(=O)Nc1ccc2c(c1)C[C@@H](C(=O)NCCc1noc(Cn3ccccc3=O)n1)[C@H]1[C@@H]3C[C@H](CN21)Cn1c3cccc1=O. The molecule has 0 radical (unpaired) electrons. The van der Waals surface area contributed by atoms with Crippen molar-refractivity contribution in [1.29, 1.82) is 0 Å². The molecule has 0 aliphatic carbocycles. The summed E-state index contributed by atoms with van der Waals surface area (Å²) in [5.74, 6) is 0.461. The molecule has 0 spiro atoms. The van der Waals surface area contributed by atoms with Crippen LogP contribution < -0.4 is 26.7 Å². The van der Waals surface area contributed by atoms with E-state index in [0.717, 1.165) is 29.9 Å². The smallest absolute Gasteiger partial charge is 0.250 e. The molecular weight excluding hydrogens is 562 g/mol. The van der Waals surface area contributed by atoms with Gasteiger partial charge in [-0.2, -0.15) is 4.98 Å². The predicted molar refractivity (Wildman–Crippen MR) is 161 cm³/mol. The highest BCUT2D eigenvalue weighted by Crippen LogP contribution is 2.48. The number of aromatic nitrogens is 4. The lowest BCUT2D eigenvalue weighted by atomic mass is 9.69. The molecule has 2 amide bonds. The van der Waals surface area contributed by atoms with Crippen molar-refractivity contribution >= 4 is 23.2 Å². The Balaban J connectivity index is 1.12. The second-order valence-corrected chi connectivity index (χ2v) is 11.9. The van der Waals surface area contributed by atoms with Gasteiger partial charge in [-0.05, 0) is 54.7 Å². The molecule has 1 saturated heterocycles. The van der Waals surface area contributed by atoms with E-state index in [1.54, 1.807) is 24.4 Å². The van der Waals surface area contributed by atoms with E-state index in [9.17, 15) is 19.2 Å². The van der Waals surface area contributed by atoms with Crippen LogP contribution in [-0.2, 0) is 35.5 Å². The number of nitrogens with one attached hydrogen (secondary N) is 2. The van der Waals surface area contributed by atoms with Crippen molar-refractivity contribution in [2.75, 3.05) is 23.3 Å². The van der Waals surface area contributed by atoms with Crippen LogP contribution in [-0.4, -0.2) is 50.2 Å². The molecule has 6 heterocycles. The van der Waals surface area contributed by atoms with Gasteiger partial charge in [-0.1, -0.05) is 17.3 Å². The largest absolute Gasteiger partial charge is 0.366 e. The second-order valence-electron chi connectivity index (χ2n) is 11.9. The van der Waals surface area contributed by atoms with Crippen LogP contribution in [0.5, 0.6) is 0 Å². The number of anilines is 2. The maximum atomic E-state index is 14.0. The lowest BCUT2D eigenvalue weighted by Crippen LogP contribution is -2.60. The molecule has 2 N–H and O–H groups in total. The highest BCUT2D eigenvalue weighted by atomic mass is 16.5. The first-order chi connectivity index (χ1) is 21.3. The first-order valence-electron chi connectivity index (χ1n) is 15.0. The minimum atomic E-state index is -0.381. The molecule has 7 rings (SSSR count). The first kappa shape index (κ1) is 27.8. The molecule has 4 aromatic rings. The van der Waals surface area contributed by atoms with Gasteiger partial charge >= 0.3 is 0 Å². The van der Waals surface area contributed by atoms with Gasteiger partial charge in [0.1, 0.15) is 6.54 Å². The number of rotatable bonds is 7. The third kappa shape index (κ3) is 5.20. The number of piperidine rings is 1. The molecule has 12 heteroatoms. The first-order valence-corrected chi connectivity index (χ1v) is 15.0. The maximum Gasteiger partial charge on any atom is 0.250 e.